The molecule has 8 nitrogen and oxygen atoms in total. The molecule has 212 valence electrons. The molecule has 1 N–H and O–H groups in total. The summed E-state index contributed by atoms with van der Waals surface area (Å²) in [5.74, 6) is 3.56. The number of hydrogen-bond donors (Lipinski definition) is 1. The Morgan fingerprint density at radius 3 is 2.85 bits per heavy atom. The van der Waals surface area contributed by atoms with Gasteiger partial charge in [-0.1, -0.05) is 20.4 Å². The Morgan fingerprint density at radius 1 is 1.17 bits per heavy atom. The predicted octanol–water partition coefficient (Wildman–Crippen LogP) is 7.16. The van der Waals surface area contributed by atoms with Gasteiger partial charge in [0.25, 0.3) is 0 Å². The van der Waals surface area contributed by atoms with Crippen molar-refractivity contribution in [2.45, 2.75) is 39.2 Å². The fourth-order valence-corrected chi connectivity index (χ4v) is 5.60. The van der Waals surface area contributed by atoms with Crippen molar-refractivity contribution in [2.24, 2.45) is 0 Å². The second-order valence-electron chi connectivity index (χ2n) is 10.8. The van der Waals surface area contributed by atoms with Crippen LogP contribution in [-0.2, 0) is 4.74 Å². The fourth-order valence-electron chi connectivity index (χ4n) is 5.60. The number of nitrogens with one attached hydrogen (secondary N) is 1. The Bertz CT molecular complexity index is 1590. The Morgan fingerprint density at radius 2 is 2.05 bits per heavy atom. The zero-order valence-electron chi connectivity index (χ0n) is 24.2. The zero-order chi connectivity index (χ0) is 28.5. The smallest absolute Gasteiger partial charge is 0.155 e. The van der Waals surface area contributed by atoms with Crippen LogP contribution in [0.25, 0.3) is 10.9 Å². The number of aromatic nitrogens is 2. The van der Waals surface area contributed by atoms with Crippen molar-refractivity contribution in [3.05, 3.63) is 78.8 Å². The van der Waals surface area contributed by atoms with E-state index >= 15 is 0 Å². The highest BCUT2D eigenvalue weighted by Gasteiger charge is 2.32. The number of nitrogens with zero attached hydrogens (tertiary/aromatic N) is 4. The van der Waals surface area contributed by atoms with Gasteiger partial charge in [0.2, 0.25) is 0 Å². The topological polar surface area (TPSA) is 72.0 Å². The summed E-state index contributed by atoms with van der Waals surface area (Å²) in [5, 5.41) is 4.40. The number of ether oxygens (including phenoxy) is 3. The molecule has 2 aliphatic rings. The number of fused-ring (bicyclic) bond motifs is 5. The quantitative estimate of drug-likeness (QED) is 0.247. The predicted molar refractivity (Wildman–Crippen MR) is 165 cm³/mol. The van der Waals surface area contributed by atoms with Crippen LogP contribution in [-0.4, -0.2) is 49.4 Å². The van der Waals surface area contributed by atoms with E-state index in [1.54, 1.807) is 6.33 Å². The monoisotopic (exact) mass is 551 g/mol. The first kappa shape index (κ1) is 26.9. The van der Waals surface area contributed by atoms with Crippen molar-refractivity contribution >= 4 is 33.8 Å². The summed E-state index contributed by atoms with van der Waals surface area (Å²) < 4.78 is 18.3. The van der Waals surface area contributed by atoms with E-state index < -0.39 is 0 Å². The van der Waals surface area contributed by atoms with Gasteiger partial charge in [-0.05, 0) is 85.1 Å². The first-order chi connectivity index (χ1) is 20.0. The van der Waals surface area contributed by atoms with Crippen molar-refractivity contribution < 1.29 is 14.2 Å². The molecule has 3 heterocycles. The van der Waals surface area contributed by atoms with E-state index in [1.807, 2.05) is 37.5 Å². The SMILES string of the molecule is C=CN(C)c1ccc(Oc2ccc(Nc3ncnc4ccc5c(c34)OCC3COCCN53)cc2C)cc1C(C)CC. The van der Waals surface area contributed by atoms with Crippen molar-refractivity contribution in [1.29, 1.82) is 0 Å². The molecule has 0 spiro atoms. The maximum atomic E-state index is 6.38. The van der Waals surface area contributed by atoms with Crippen LogP contribution in [0.4, 0.5) is 22.9 Å². The average molecular weight is 552 g/mol. The van der Waals surface area contributed by atoms with Crippen molar-refractivity contribution in [1.82, 2.24) is 9.97 Å². The summed E-state index contributed by atoms with van der Waals surface area (Å²) in [4.78, 5) is 13.6. The van der Waals surface area contributed by atoms with Crippen LogP contribution in [0.2, 0.25) is 0 Å². The molecule has 0 bridgehead atoms. The molecule has 2 unspecified atom stereocenters. The summed E-state index contributed by atoms with van der Waals surface area (Å²) in [5.41, 5.74) is 6.22. The first-order valence-electron chi connectivity index (χ1n) is 14.3. The van der Waals surface area contributed by atoms with Gasteiger partial charge in [-0.25, -0.2) is 9.97 Å². The maximum absolute atomic E-state index is 6.38. The summed E-state index contributed by atoms with van der Waals surface area (Å²) in [7, 11) is 2.02. The second-order valence-corrected chi connectivity index (χ2v) is 10.8. The molecule has 0 aliphatic carbocycles. The normalized spacial score (nSPS) is 16.8. The third kappa shape index (κ3) is 5.15. The number of anilines is 4. The molecule has 0 radical (unpaired) electrons. The Kier molecular flexibility index (Phi) is 7.41. The van der Waals surface area contributed by atoms with Gasteiger partial charge in [0.05, 0.1) is 35.8 Å². The molecular weight excluding hydrogens is 514 g/mol. The third-order valence-electron chi connectivity index (χ3n) is 8.15. The van der Waals surface area contributed by atoms with E-state index in [0.29, 0.717) is 31.6 Å². The lowest BCUT2D eigenvalue weighted by atomic mass is 9.96. The van der Waals surface area contributed by atoms with Crippen LogP contribution in [0.5, 0.6) is 17.2 Å². The van der Waals surface area contributed by atoms with E-state index in [0.717, 1.165) is 63.7 Å². The van der Waals surface area contributed by atoms with Gasteiger partial charge < -0.3 is 29.3 Å². The van der Waals surface area contributed by atoms with Gasteiger partial charge in [-0.15, -0.1) is 0 Å². The molecule has 1 fully saturated rings. The van der Waals surface area contributed by atoms with Crippen molar-refractivity contribution in [2.75, 3.05) is 48.5 Å². The lowest BCUT2D eigenvalue weighted by Crippen LogP contribution is -2.51. The number of hydrogen-bond acceptors (Lipinski definition) is 8. The molecule has 0 amide bonds. The van der Waals surface area contributed by atoms with Gasteiger partial charge in [0.15, 0.2) is 5.75 Å². The molecule has 41 heavy (non-hydrogen) atoms. The van der Waals surface area contributed by atoms with E-state index in [4.69, 9.17) is 14.2 Å². The molecule has 2 atom stereocenters. The molecule has 6 rings (SSSR count). The van der Waals surface area contributed by atoms with Gasteiger partial charge in [0, 0.05) is 25.0 Å². The Labute approximate surface area is 241 Å². The Balaban J connectivity index is 1.27. The highest BCUT2D eigenvalue weighted by atomic mass is 16.5. The molecule has 0 saturated carbocycles. The standard InChI is InChI=1S/C33H37N5O3/c1-6-21(3)26-17-25(9-11-28(26)37(5)7-2)41-30-13-8-23(16-22(30)4)36-33-31-27(34-20-35-33)10-12-29-32(31)40-19-24-18-39-15-14-38(24)29/h7-13,16-17,20-21,24H,2,6,14-15,18-19H2,1,3-5H3,(H,34,35,36). The summed E-state index contributed by atoms with van der Waals surface area (Å²) in [6, 6.07) is 16.7. The van der Waals surface area contributed by atoms with Crippen molar-refractivity contribution in [3.8, 4) is 17.2 Å². The maximum Gasteiger partial charge on any atom is 0.155 e. The second kappa shape index (κ2) is 11.3. The molecular formula is C33H37N5O3. The minimum atomic E-state index is 0.227. The largest absolute Gasteiger partial charge is 0.488 e. The summed E-state index contributed by atoms with van der Waals surface area (Å²) >= 11 is 0. The zero-order valence-corrected chi connectivity index (χ0v) is 24.2. The van der Waals surface area contributed by atoms with Crippen LogP contribution in [0.3, 0.4) is 0 Å². The van der Waals surface area contributed by atoms with Gasteiger partial charge >= 0.3 is 0 Å². The highest BCUT2D eigenvalue weighted by Crippen LogP contribution is 2.43. The van der Waals surface area contributed by atoms with Crippen LogP contribution >= 0.6 is 0 Å². The van der Waals surface area contributed by atoms with Gasteiger partial charge in [0.1, 0.15) is 30.3 Å². The molecule has 2 aliphatic heterocycles. The third-order valence-corrected chi connectivity index (χ3v) is 8.15. The van der Waals surface area contributed by atoms with Crippen LogP contribution in [0.1, 0.15) is 37.3 Å². The van der Waals surface area contributed by atoms with Crippen LogP contribution in [0, 0.1) is 6.92 Å². The first-order valence-corrected chi connectivity index (χ1v) is 14.3. The minimum absolute atomic E-state index is 0.227. The highest BCUT2D eigenvalue weighted by molar-refractivity contribution is 6.00. The van der Waals surface area contributed by atoms with E-state index in [-0.39, 0.29) is 6.04 Å². The van der Waals surface area contributed by atoms with Crippen molar-refractivity contribution in [3.63, 3.8) is 0 Å². The van der Waals surface area contributed by atoms with Gasteiger partial charge in [-0.3, -0.25) is 0 Å². The molecule has 1 aromatic heterocycles. The van der Waals surface area contributed by atoms with E-state index in [9.17, 15) is 0 Å². The lowest BCUT2D eigenvalue weighted by Gasteiger charge is -2.41. The van der Waals surface area contributed by atoms with E-state index in [2.05, 4.69) is 76.7 Å². The summed E-state index contributed by atoms with van der Waals surface area (Å²) in [6.45, 7) is 13.2. The van der Waals surface area contributed by atoms with Crippen LogP contribution in [0.15, 0.2) is 67.6 Å². The molecule has 8 heteroatoms. The van der Waals surface area contributed by atoms with Gasteiger partial charge in [-0.2, -0.15) is 0 Å². The molecule has 4 aromatic rings. The number of aryl methyl sites for hydroxylation is 1. The lowest BCUT2D eigenvalue weighted by molar-refractivity contribution is 0.0709. The fraction of sp³-hybridized carbons (Fsp3) is 0.333. The minimum Gasteiger partial charge on any atom is -0.488 e. The average Bonchev–Trinajstić information content (AvgIpc) is 3.01. The number of rotatable bonds is 8. The summed E-state index contributed by atoms with van der Waals surface area (Å²) in [6.07, 6.45) is 4.46. The molecule has 1 saturated heterocycles. The number of benzene rings is 3. The molecule has 3 aromatic carbocycles. The van der Waals surface area contributed by atoms with Crippen LogP contribution < -0.4 is 24.6 Å². The van der Waals surface area contributed by atoms with E-state index in [1.165, 1.54) is 5.56 Å². The Hall–Kier alpha value is -4.30. The number of morpholine rings is 1.